The predicted molar refractivity (Wildman–Crippen MR) is 119 cm³/mol. The monoisotopic (exact) mass is 373 g/mol. The van der Waals surface area contributed by atoms with Gasteiger partial charge in [-0.25, -0.2) is 0 Å². The minimum atomic E-state index is 0.159. The molecule has 1 rings (SSSR count). The molecule has 27 heavy (non-hydrogen) atoms. The Morgan fingerprint density at radius 2 is 1.44 bits per heavy atom. The van der Waals surface area contributed by atoms with Crippen LogP contribution in [0.1, 0.15) is 103 Å². The first-order chi connectivity index (χ1) is 13.1. The van der Waals surface area contributed by atoms with Crippen molar-refractivity contribution in [2.24, 2.45) is 11.8 Å². The van der Waals surface area contributed by atoms with Crippen LogP contribution >= 0.6 is 0 Å². The molecule has 0 saturated carbocycles. The Morgan fingerprint density at radius 3 is 2.07 bits per heavy atom. The number of aryl methyl sites for hydroxylation is 1. The van der Waals surface area contributed by atoms with Crippen LogP contribution in [-0.2, 0) is 4.79 Å². The maximum Gasteiger partial charge on any atom is 0.227 e. The fraction of sp³-hybridized carbons (Fsp3) is 0.720. The van der Waals surface area contributed by atoms with E-state index in [9.17, 15) is 4.79 Å². The average molecular weight is 374 g/mol. The predicted octanol–water partition coefficient (Wildman–Crippen LogP) is 7.91. The zero-order valence-corrected chi connectivity index (χ0v) is 18.4. The number of para-hydroxylation sites is 1. The molecule has 0 aliphatic rings. The van der Waals surface area contributed by atoms with Crippen molar-refractivity contribution in [3.8, 4) is 0 Å². The van der Waals surface area contributed by atoms with E-state index >= 15 is 0 Å². The number of amides is 1. The fourth-order valence-corrected chi connectivity index (χ4v) is 3.86. The Kier molecular flexibility index (Phi) is 12.9. The largest absolute Gasteiger partial charge is 0.326 e. The van der Waals surface area contributed by atoms with E-state index < -0.39 is 0 Å². The SMILES string of the molecule is CCCCC[C@H](CCCC[C@H](CC)CCCC)C(=O)Nc1ccccc1C. The molecule has 0 aromatic heterocycles. The summed E-state index contributed by atoms with van der Waals surface area (Å²) in [5.74, 6) is 1.26. The lowest BCUT2D eigenvalue weighted by atomic mass is 9.90. The number of hydrogen-bond acceptors (Lipinski definition) is 1. The molecular formula is C25H43NO. The second-order valence-electron chi connectivity index (χ2n) is 8.20. The van der Waals surface area contributed by atoms with Crippen LogP contribution in [0.5, 0.6) is 0 Å². The molecule has 0 saturated heterocycles. The molecule has 2 atom stereocenters. The first kappa shape index (κ1) is 23.7. The molecule has 0 aliphatic heterocycles. The normalized spacial score (nSPS) is 13.3. The van der Waals surface area contributed by atoms with Gasteiger partial charge < -0.3 is 5.32 Å². The molecule has 1 aromatic carbocycles. The lowest BCUT2D eigenvalue weighted by Crippen LogP contribution is -2.23. The van der Waals surface area contributed by atoms with Gasteiger partial charge in [0.25, 0.3) is 0 Å². The number of benzene rings is 1. The second-order valence-corrected chi connectivity index (χ2v) is 8.20. The number of anilines is 1. The molecule has 0 fully saturated rings. The summed E-state index contributed by atoms with van der Waals surface area (Å²) in [6.07, 6.45) is 14.8. The summed E-state index contributed by atoms with van der Waals surface area (Å²) in [4.78, 5) is 12.9. The van der Waals surface area contributed by atoms with Gasteiger partial charge in [-0.15, -0.1) is 0 Å². The third-order valence-corrected chi connectivity index (χ3v) is 5.89. The molecule has 1 aromatic rings. The quantitative estimate of drug-likeness (QED) is 0.311. The van der Waals surface area contributed by atoms with Crippen molar-refractivity contribution in [2.45, 2.75) is 105 Å². The van der Waals surface area contributed by atoms with E-state index in [1.807, 2.05) is 18.2 Å². The van der Waals surface area contributed by atoms with Crippen LogP contribution in [0, 0.1) is 18.8 Å². The van der Waals surface area contributed by atoms with E-state index in [-0.39, 0.29) is 11.8 Å². The summed E-state index contributed by atoms with van der Waals surface area (Å²) in [6.45, 7) is 8.89. The lowest BCUT2D eigenvalue weighted by molar-refractivity contribution is -0.120. The molecule has 0 bridgehead atoms. The number of nitrogens with one attached hydrogen (secondary N) is 1. The molecular weight excluding hydrogens is 330 g/mol. The maximum atomic E-state index is 12.9. The number of rotatable bonds is 15. The van der Waals surface area contributed by atoms with Crippen molar-refractivity contribution in [2.75, 3.05) is 5.32 Å². The van der Waals surface area contributed by atoms with Gasteiger partial charge in [0.15, 0.2) is 0 Å². The highest BCUT2D eigenvalue weighted by Crippen LogP contribution is 2.24. The molecule has 0 unspecified atom stereocenters. The standard InChI is InChI=1S/C25H43NO/c1-5-8-10-18-23(19-13-12-17-22(7-3)16-9-6-2)25(27)26-24-20-14-11-15-21(24)4/h11,14-15,20,22-23H,5-10,12-13,16-19H2,1-4H3,(H,26,27)/t22-,23-/m1/s1. The molecule has 1 amide bonds. The summed E-state index contributed by atoms with van der Waals surface area (Å²) >= 11 is 0. The topological polar surface area (TPSA) is 29.1 Å². The zero-order chi connectivity index (χ0) is 19.9. The van der Waals surface area contributed by atoms with Crippen LogP contribution in [-0.4, -0.2) is 5.91 Å². The Balaban J connectivity index is 2.50. The van der Waals surface area contributed by atoms with Gasteiger partial charge in [0.2, 0.25) is 5.91 Å². The van der Waals surface area contributed by atoms with Crippen LogP contribution in [0.2, 0.25) is 0 Å². The zero-order valence-electron chi connectivity index (χ0n) is 18.4. The highest BCUT2D eigenvalue weighted by atomic mass is 16.1. The van der Waals surface area contributed by atoms with Crippen molar-refractivity contribution >= 4 is 11.6 Å². The number of hydrogen-bond donors (Lipinski definition) is 1. The Hall–Kier alpha value is -1.31. The van der Waals surface area contributed by atoms with E-state index in [2.05, 4.69) is 39.1 Å². The number of carbonyl (C=O) groups excluding carboxylic acids is 1. The molecule has 154 valence electrons. The summed E-state index contributed by atoms with van der Waals surface area (Å²) in [5, 5.41) is 3.19. The molecule has 0 spiro atoms. The average Bonchev–Trinajstić information content (AvgIpc) is 2.67. The van der Waals surface area contributed by atoms with E-state index in [0.717, 1.165) is 36.4 Å². The fourth-order valence-electron chi connectivity index (χ4n) is 3.86. The van der Waals surface area contributed by atoms with Crippen LogP contribution < -0.4 is 5.32 Å². The molecule has 1 N–H and O–H groups in total. The summed E-state index contributed by atoms with van der Waals surface area (Å²) < 4.78 is 0. The van der Waals surface area contributed by atoms with Gasteiger partial charge in [0, 0.05) is 11.6 Å². The van der Waals surface area contributed by atoms with Gasteiger partial charge in [0.05, 0.1) is 0 Å². The van der Waals surface area contributed by atoms with E-state index in [0.29, 0.717) is 0 Å². The maximum absolute atomic E-state index is 12.9. The summed E-state index contributed by atoms with van der Waals surface area (Å²) in [5.41, 5.74) is 2.11. The third-order valence-electron chi connectivity index (χ3n) is 5.89. The highest BCUT2D eigenvalue weighted by molar-refractivity contribution is 5.93. The van der Waals surface area contributed by atoms with E-state index in [1.165, 1.54) is 57.8 Å². The van der Waals surface area contributed by atoms with Gasteiger partial charge in [-0.3, -0.25) is 4.79 Å². The van der Waals surface area contributed by atoms with Crippen LogP contribution in [0.4, 0.5) is 5.69 Å². The molecule has 0 radical (unpaired) electrons. The third kappa shape index (κ3) is 9.98. The van der Waals surface area contributed by atoms with Gasteiger partial charge >= 0.3 is 0 Å². The summed E-state index contributed by atoms with van der Waals surface area (Å²) in [7, 11) is 0. The molecule has 0 aliphatic carbocycles. The second kappa shape index (κ2) is 14.7. The smallest absolute Gasteiger partial charge is 0.227 e. The number of carbonyl (C=O) groups is 1. The van der Waals surface area contributed by atoms with Gasteiger partial charge in [-0.05, 0) is 37.3 Å². The van der Waals surface area contributed by atoms with E-state index in [1.54, 1.807) is 0 Å². The van der Waals surface area contributed by atoms with E-state index in [4.69, 9.17) is 0 Å². The molecule has 0 heterocycles. The van der Waals surface area contributed by atoms with Crippen LogP contribution in [0.25, 0.3) is 0 Å². The van der Waals surface area contributed by atoms with Gasteiger partial charge in [0.1, 0.15) is 0 Å². The van der Waals surface area contributed by atoms with Crippen molar-refractivity contribution in [1.82, 2.24) is 0 Å². The van der Waals surface area contributed by atoms with Crippen LogP contribution in [0.3, 0.4) is 0 Å². The summed E-state index contributed by atoms with van der Waals surface area (Å²) in [6, 6.07) is 8.08. The first-order valence-electron chi connectivity index (χ1n) is 11.5. The van der Waals surface area contributed by atoms with Crippen molar-refractivity contribution in [1.29, 1.82) is 0 Å². The van der Waals surface area contributed by atoms with Crippen molar-refractivity contribution in [3.63, 3.8) is 0 Å². The Morgan fingerprint density at radius 1 is 0.852 bits per heavy atom. The van der Waals surface area contributed by atoms with Crippen LogP contribution in [0.15, 0.2) is 24.3 Å². The first-order valence-corrected chi connectivity index (χ1v) is 11.5. The molecule has 2 heteroatoms. The minimum absolute atomic E-state index is 0.159. The number of unbranched alkanes of at least 4 members (excludes halogenated alkanes) is 4. The van der Waals surface area contributed by atoms with Crippen molar-refractivity contribution < 1.29 is 4.79 Å². The van der Waals surface area contributed by atoms with Crippen molar-refractivity contribution in [3.05, 3.63) is 29.8 Å². The minimum Gasteiger partial charge on any atom is -0.326 e. The van der Waals surface area contributed by atoms with Gasteiger partial charge in [-0.2, -0.15) is 0 Å². The Labute approximate surface area is 168 Å². The lowest BCUT2D eigenvalue weighted by Gasteiger charge is -2.19. The molecule has 2 nitrogen and oxygen atoms in total. The Bertz CT molecular complexity index is 511. The highest BCUT2D eigenvalue weighted by Gasteiger charge is 2.18. The van der Waals surface area contributed by atoms with Gasteiger partial charge in [-0.1, -0.05) is 103 Å².